The van der Waals surface area contributed by atoms with Crippen LogP contribution in [0.3, 0.4) is 0 Å². The van der Waals surface area contributed by atoms with Gasteiger partial charge in [0, 0.05) is 12.6 Å². The van der Waals surface area contributed by atoms with Crippen molar-refractivity contribution in [2.24, 2.45) is 0 Å². The lowest BCUT2D eigenvalue weighted by molar-refractivity contribution is -0.158. The molecule has 2 N–H and O–H groups in total. The van der Waals surface area contributed by atoms with E-state index in [0.29, 0.717) is 6.04 Å². The highest BCUT2D eigenvalue weighted by Crippen LogP contribution is 2.17. The third kappa shape index (κ3) is 3.94. The van der Waals surface area contributed by atoms with Gasteiger partial charge in [-0.25, -0.2) is 4.79 Å². The van der Waals surface area contributed by atoms with Crippen molar-refractivity contribution in [1.82, 2.24) is 9.80 Å². The van der Waals surface area contributed by atoms with E-state index < -0.39 is 11.6 Å². The van der Waals surface area contributed by atoms with Crippen LogP contribution in [0.25, 0.3) is 0 Å². The van der Waals surface area contributed by atoms with Gasteiger partial charge in [-0.3, -0.25) is 4.90 Å². The maximum Gasteiger partial charge on any atom is 0.336 e. The minimum Gasteiger partial charge on any atom is -0.479 e. The molecule has 5 nitrogen and oxygen atoms in total. The van der Waals surface area contributed by atoms with Crippen molar-refractivity contribution in [3.8, 4) is 0 Å². The van der Waals surface area contributed by atoms with E-state index >= 15 is 0 Å². The second kappa shape index (κ2) is 5.80. The number of piperidine rings is 1. The van der Waals surface area contributed by atoms with Crippen LogP contribution in [0.1, 0.15) is 26.7 Å². The summed E-state index contributed by atoms with van der Waals surface area (Å²) in [7, 11) is 1.89. The number of likely N-dealkylation sites (N-methyl/N-ethyl adjacent to an activating group) is 1. The van der Waals surface area contributed by atoms with Crippen molar-refractivity contribution in [3.05, 3.63) is 0 Å². The second-order valence-corrected chi connectivity index (χ2v) is 5.16. The third-order valence-electron chi connectivity index (χ3n) is 3.65. The molecule has 0 spiro atoms. The molecule has 0 amide bonds. The highest BCUT2D eigenvalue weighted by Gasteiger charge is 2.33. The van der Waals surface area contributed by atoms with Crippen molar-refractivity contribution in [2.45, 2.75) is 38.3 Å². The fourth-order valence-corrected chi connectivity index (χ4v) is 2.36. The summed E-state index contributed by atoms with van der Waals surface area (Å²) in [5.41, 5.74) is -1.66. The summed E-state index contributed by atoms with van der Waals surface area (Å²) in [6.45, 7) is 6.87. The molecule has 100 valence electrons. The normalized spacial score (nSPS) is 22.6. The van der Waals surface area contributed by atoms with Gasteiger partial charge in [0.25, 0.3) is 0 Å². The SMILES string of the molecule is CCN1CCC(N(C)CC(C)(O)C(=O)O)CC1. The molecular formula is C12H24N2O3. The first kappa shape index (κ1) is 14.4. The van der Waals surface area contributed by atoms with E-state index in [1.807, 2.05) is 11.9 Å². The molecule has 0 saturated carbocycles. The van der Waals surface area contributed by atoms with Crippen LogP contribution in [0, 0.1) is 0 Å². The number of hydrogen-bond donors (Lipinski definition) is 2. The van der Waals surface area contributed by atoms with Gasteiger partial charge in [-0.2, -0.15) is 0 Å². The molecule has 0 aromatic heterocycles. The Morgan fingerprint density at radius 2 is 2.00 bits per heavy atom. The molecule has 1 fully saturated rings. The number of hydrogen-bond acceptors (Lipinski definition) is 4. The van der Waals surface area contributed by atoms with Gasteiger partial charge in [0.05, 0.1) is 0 Å². The monoisotopic (exact) mass is 244 g/mol. The number of aliphatic hydroxyl groups is 1. The molecule has 1 aliphatic heterocycles. The number of rotatable bonds is 5. The Bertz CT molecular complexity index is 260. The van der Waals surface area contributed by atoms with Crippen molar-refractivity contribution >= 4 is 5.97 Å². The van der Waals surface area contributed by atoms with Gasteiger partial charge in [-0.15, -0.1) is 0 Å². The summed E-state index contributed by atoms with van der Waals surface area (Å²) in [6, 6.07) is 0.378. The molecule has 5 heteroatoms. The Labute approximate surface area is 103 Å². The van der Waals surface area contributed by atoms with Gasteiger partial charge in [-0.1, -0.05) is 6.92 Å². The van der Waals surface area contributed by atoms with Gasteiger partial charge >= 0.3 is 5.97 Å². The first-order valence-corrected chi connectivity index (χ1v) is 6.25. The average molecular weight is 244 g/mol. The lowest BCUT2D eigenvalue weighted by Crippen LogP contribution is -2.51. The minimum absolute atomic E-state index is 0.180. The maximum absolute atomic E-state index is 10.9. The number of carboxylic acid groups (broad SMARTS) is 1. The van der Waals surface area contributed by atoms with Crippen LogP contribution in [0.2, 0.25) is 0 Å². The molecule has 1 aliphatic rings. The van der Waals surface area contributed by atoms with E-state index in [9.17, 15) is 9.90 Å². The quantitative estimate of drug-likeness (QED) is 0.725. The number of carboxylic acids is 1. The molecule has 0 aromatic rings. The predicted octanol–water partition coefficient (Wildman–Crippen LogP) is 0.238. The van der Waals surface area contributed by atoms with Gasteiger partial charge in [0.1, 0.15) is 0 Å². The molecule has 1 rings (SSSR count). The maximum atomic E-state index is 10.9. The molecule has 0 radical (unpaired) electrons. The number of nitrogens with zero attached hydrogens (tertiary/aromatic N) is 2. The Hall–Kier alpha value is -0.650. The standard InChI is InChI=1S/C12H24N2O3/c1-4-14-7-5-10(6-8-14)13(3)9-12(2,17)11(15)16/h10,17H,4-9H2,1-3H3,(H,15,16). The molecule has 17 heavy (non-hydrogen) atoms. The first-order chi connectivity index (χ1) is 7.86. The second-order valence-electron chi connectivity index (χ2n) is 5.16. The summed E-state index contributed by atoms with van der Waals surface area (Å²) in [5, 5.41) is 18.6. The van der Waals surface area contributed by atoms with Crippen LogP contribution in [0.4, 0.5) is 0 Å². The first-order valence-electron chi connectivity index (χ1n) is 6.25. The molecule has 0 bridgehead atoms. The van der Waals surface area contributed by atoms with Crippen LogP contribution in [0.15, 0.2) is 0 Å². The highest BCUT2D eigenvalue weighted by molar-refractivity contribution is 5.76. The zero-order chi connectivity index (χ0) is 13.1. The molecule has 1 heterocycles. The Balaban J connectivity index is 2.44. The van der Waals surface area contributed by atoms with Crippen LogP contribution in [-0.2, 0) is 4.79 Å². The number of aliphatic carboxylic acids is 1. The van der Waals surface area contributed by atoms with Crippen molar-refractivity contribution in [2.75, 3.05) is 33.2 Å². The summed E-state index contributed by atoms with van der Waals surface area (Å²) in [5.74, 6) is -1.16. The largest absolute Gasteiger partial charge is 0.479 e. The van der Waals surface area contributed by atoms with E-state index in [1.54, 1.807) is 0 Å². The summed E-state index contributed by atoms with van der Waals surface area (Å²) in [4.78, 5) is 15.2. The Kier molecular flexibility index (Phi) is 4.91. The Morgan fingerprint density at radius 3 is 2.41 bits per heavy atom. The summed E-state index contributed by atoms with van der Waals surface area (Å²) < 4.78 is 0. The van der Waals surface area contributed by atoms with Crippen LogP contribution < -0.4 is 0 Å². The lowest BCUT2D eigenvalue weighted by atomic mass is 10.0. The lowest BCUT2D eigenvalue weighted by Gasteiger charge is -2.38. The zero-order valence-electron chi connectivity index (χ0n) is 11.0. The summed E-state index contributed by atoms with van der Waals surface area (Å²) in [6.07, 6.45) is 2.08. The summed E-state index contributed by atoms with van der Waals surface area (Å²) >= 11 is 0. The van der Waals surface area contributed by atoms with Crippen molar-refractivity contribution in [1.29, 1.82) is 0 Å². The molecular weight excluding hydrogens is 220 g/mol. The third-order valence-corrected chi connectivity index (χ3v) is 3.65. The van der Waals surface area contributed by atoms with Gasteiger partial charge in [0.2, 0.25) is 0 Å². The number of carbonyl (C=O) groups is 1. The molecule has 1 unspecified atom stereocenters. The molecule has 0 aliphatic carbocycles. The zero-order valence-corrected chi connectivity index (χ0v) is 11.0. The van der Waals surface area contributed by atoms with Gasteiger partial charge in [0.15, 0.2) is 5.60 Å². The smallest absolute Gasteiger partial charge is 0.336 e. The van der Waals surface area contributed by atoms with Gasteiger partial charge < -0.3 is 15.1 Å². The van der Waals surface area contributed by atoms with Crippen molar-refractivity contribution < 1.29 is 15.0 Å². The van der Waals surface area contributed by atoms with E-state index in [2.05, 4.69) is 11.8 Å². The fraction of sp³-hybridized carbons (Fsp3) is 0.917. The molecule has 1 atom stereocenters. The highest BCUT2D eigenvalue weighted by atomic mass is 16.4. The van der Waals surface area contributed by atoms with E-state index in [-0.39, 0.29) is 6.54 Å². The average Bonchev–Trinajstić information content (AvgIpc) is 2.28. The van der Waals surface area contributed by atoms with Gasteiger partial charge in [-0.05, 0) is 46.4 Å². The predicted molar refractivity (Wildman–Crippen MR) is 66.0 cm³/mol. The molecule has 0 aromatic carbocycles. The fourth-order valence-electron chi connectivity index (χ4n) is 2.36. The molecule has 1 saturated heterocycles. The minimum atomic E-state index is -1.66. The van der Waals surface area contributed by atoms with E-state index in [0.717, 1.165) is 32.5 Å². The van der Waals surface area contributed by atoms with E-state index in [1.165, 1.54) is 6.92 Å². The number of likely N-dealkylation sites (tertiary alicyclic amines) is 1. The topological polar surface area (TPSA) is 64.0 Å². The van der Waals surface area contributed by atoms with Crippen LogP contribution in [0.5, 0.6) is 0 Å². The van der Waals surface area contributed by atoms with Crippen LogP contribution in [-0.4, -0.2) is 70.9 Å². The van der Waals surface area contributed by atoms with Crippen molar-refractivity contribution in [3.63, 3.8) is 0 Å². The van der Waals surface area contributed by atoms with E-state index in [4.69, 9.17) is 5.11 Å². The Morgan fingerprint density at radius 1 is 1.47 bits per heavy atom. The van der Waals surface area contributed by atoms with Crippen LogP contribution >= 0.6 is 0 Å².